The molecule has 1 aliphatic rings. The molecule has 0 aromatic carbocycles. The van der Waals surface area contributed by atoms with Gasteiger partial charge >= 0.3 is 0 Å². The Kier molecular flexibility index (Phi) is 2.88. The molecule has 1 aliphatic heterocycles. The zero-order chi connectivity index (χ0) is 12.5. The summed E-state index contributed by atoms with van der Waals surface area (Å²) in [6.07, 6.45) is 2.80. The quantitative estimate of drug-likeness (QED) is 0.762. The molecule has 1 fully saturated rings. The van der Waals surface area contributed by atoms with E-state index in [4.69, 9.17) is 4.74 Å². The van der Waals surface area contributed by atoms with Gasteiger partial charge in [0.05, 0.1) is 5.52 Å². The van der Waals surface area contributed by atoms with Crippen LogP contribution in [-0.2, 0) is 4.74 Å². The number of rotatable bonds is 2. The Labute approximate surface area is 106 Å². The summed E-state index contributed by atoms with van der Waals surface area (Å²) in [6.45, 7) is 3.61. The van der Waals surface area contributed by atoms with Gasteiger partial charge in [-0.1, -0.05) is 6.07 Å². The number of carbonyl (C=O) groups excluding carboxylic acids is 1. The smallest absolute Gasteiger partial charge is 0.170 e. The average Bonchev–Trinajstić information content (AvgIpc) is 2.80. The van der Waals surface area contributed by atoms with Crippen molar-refractivity contribution in [2.24, 2.45) is 0 Å². The van der Waals surface area contributed by atoms with Gasteiger partial charge in [-0.25, -0.2) is 4.98 Å². The second-order valence-corrected chi connectivity index (χ2v) is 4.75. The first kappa shape index (κ1) is 11.4. The summed E-state index contributed by atoms with van der Waals surface area (Å²) in [5.41, 5.74) is 2.57. The minimum absolute atomic E-state index is 0.390. The fourth-order valence-electron chi connectivity index (χ4n) is 2.67. The van der Waals surface area contributed by atoms with Gasteiger partial charge in [0.2, 0.25) is 0 Å². The number of hydrogen-bond acceptors (Lipinski definition) is 3. The van der Waals surface area contributed by atoms with Crippen LogP contribution < -0.4 is 0 Å². The van der Waals surface area contributed by atoms with Gasteiger partial charge in [0, 0.05) is 24.8 Å². The summed E-state index contributed by atoms with van der Waals surface area (Å²) in [4.78, 5) is 15.7. The van der Waals surface area contributed by atoms with Crippen LogP contribution in [0.15, 0.2) is 18.2 Å². The number of aromatic nitrogens is 2. The molecule has 1 saturated heterocycles. The second-order valence-electron chi connectivity index (χ2n) is 4.75. The van der Waals surface area contributed by atoms with Crippen molar-refractivity contribution in [3.8, 4) is 0 Å². The van der Waals surface area contributed by atoms with Gasteiger partial charge in [0.25, 0.3) is 0 Å². The Balaban J connectivity index is 2.18. The molecule has 0 unspecified atom stereocenters. The third-order valence-electron chi connectivity index (χ3n) is 3.61. The SMILES string of the molecule is Cc1cccc2c(C=O)nc(C3CCOCC3)n12. The third-order valence-corrected chi connectivity index (χ3v) is 3.61. The Hall–Kier alpha value is -1.68. The van der Waals surface area contributed by atoms with E-state index in [9.17, 15) is 4.79 Å². The van der Waals surface area contributed by atoms with Crippen molar-refractivity contribution >= 4 is 11.8 Å². The molecule has 4 heteroatoms. The summed E-state index contributed by atoms with van der Waals surface area (Å²) in [7, 11) is 0. The van der Waals surface area contributed by atoms with Crippen LogP contribution in [0.3, 0.4) is 0 Å². The lowest BCUT2D eigenvalue weighted by Crippen LogP contribution is -2.16. The molecule has 0 N–H and O–H groups in total. The van der Waals surface area contributed by atoms with E-state index in [0.717, 1.165) is 49.4 Å². The predicted octanol–water partition coefficient (Wildman–Crippen LogP) is 2.35. The minimum atomic E-state index is 0.390. The molecular formula is C14H16N2O2. The van der Waals surface area contributed by atoms with E-state index >= 15 is 0 Å². The lowest BCUT2D eigenvalue weighted by molar-refractivity contribution is 0.0834. The van der Waals surface area contributed by atoms with Crippen LogP contribution in [0.5, 0.6) is 0 Å². The molecule has 0 radical (unpaired) electrons. The van der Waals surface area contributed by atoms with Crippen molar-refractivity contribution in [2.45, 2.75) is 25.7 Å². The summed E-state index contributed by atoms with van der Waals surface area (Å²) in [6, 6.07) is 5.96. The average molecular weight is 244 g/mol. The molecule has 3 heterocycles. The highest BCUT2D eigenvalue weighted by atomic mass is 16.5. The van der Waals surface area contributed by atoms with Crippen molar-refractivity contribution < 1.29 is 9.53 Å². The lowest BCUT2D eigenvalue weighted by atomic mass is 9.99. The first-order chi connectivity index (χ1) is 8.81. The number of hydrogen-bond donors (Lipinski definition) is 0. The highest BCUT2D eigenvalue weighted by Gasteiger charge is 2.22. The number of imidazole rings is 1. The van der Waals surface area contributed by atoms with Crippen LogP contribution in [0.4, 0.5) is 0 Å². The molecule has 94 valence electrons. The van der Waals surface area contributed by atoms with Crippen LogP contribution in [0.2, 0.25) is 0 Å². The monoisotopic (exact) mass is 244 g/mol. The predicted molar refractivity (Wildman–Crippen MR) is 68.1 cm³/mol. The Morgan fingerprint density at radius 2 is 2.17 bits per heavy atom. The number of aryl methyl sites for hydroxylation is 1. The summed E-state index contributed by atoms with van der Waals surface area (Å²) < 4.78 is 7.50. The highest BCUT2D eigenvalue weighted by Crippen LogP contribution is 2.28. The van der Waals surface area contributed by atoms with Crippen molar-refractivity contribution in [3.63, 3.8) is 0 Å². The van der Waals surface area contributed by atoms with E-state index in [0.29, 0.717) is 11.6 Å². The van der Waals surface area contributed by atoms with E-state index in [-0.39, 0.29) is 0 Å². The molecule has 0 amide bonds. The third kappa shape index (κ3) is 1.73. The van der Waals surface area contributed by atoms with Gasteiger partial charge in [-0.05, 0) is 31.9 Å². The first-order valence-corrected chi connectivity index (χ1v) is 6.32. The van der Waals surface area contributed by atoms with E-state index in [1.807, 2.05) is 25.1 Å². The number of nitrogens with zero attached hydrogens (tertiary/aromatic N) is 2. The van der Waals surface area contributed by atoms with Crippen LogP contribution >= 0.6 is 0 Å². The fourth-order valence-corrected chi connectivity index (χ4v) is 2.67. The molecule has 0 aliphatic carbocycles. The van der Waals surface area contributed by atoms with Crippen molar-refractivity contribution in [2.75, 3.05) is 13.2 Å². The van der Waals surface area contributed by atoms with Crippen LogP contribution in [-0.4, -0.2) is 28.9 Å². The zero-order valence-corrected chi connectivity index (χ0v) is 10.4. The van der Waals surface area contributed by atoms with Gasteiger partial charge in [0.15, 0.2) is 6.29 Å². The van der Waals surface area contributed by atoms with Gasteiger partial charge in [-0.2, -0.15) is 0 Å². The largest absolute Gasteiger partial charge is 0.381 e. The number of ether oxygens (including phenoxy) is 1. The van der Waals surface area contributed by atoms with E-state index < -0.39 is 0 Å². The van der Waals surface area contributed by atoms with E-state index in [1.165, 1.54) is 0 Å². The Bertz CT molecular complexity index is 583. The number of fused-ring (bicyclic) bond motifs is 1. The molecule has 3 rings (SSSR count). The van der Waals surface area contributed by atoms with Gasteiger partial charge < -0.3 is 9.14 Å². The Morgan fingerprint density at radius 1 is 1.39 bits per heavy atom. The number of pyridine rings is 1. The standard InChI is InChI=1S/C14H16N2O2/c1-10-3-2-4-13-12(9-17)15-14(16(10)13)11-5-7-18-8-6-11/h2-4,9,11H,5-8H2,1H3. The molecular weight excluding hydrogens is 228 g/mol. The normalized spacial score (nSPS) is 17.2. The van der Waals surface area contributed by atoms with E-state index in [1.54, 1.807) is 0 Å². The zero-order valence-electron chi connectivity index (χ0n) is 10.4. The maximum Gasteiger partial charge on any atom is 0.170 e. The van der Waals surface area contributed by atoms with Crippen LogP contribution in [0.25, 0.3) is 5.52 Å². The van der Waals surface area contributed by atoms with Gasteiger partial charge in [-0.3, -0.25) is 4.79 Å². The first-order valence-electron chi connectivity index (χ1n) is 6.32. The van der Waals surface area contributed by atoms with E-state index in [2.05, 4.69) is 9.38 Å². The number of aldehydes is 1. The second kappa shape index (κ2) is 4.53. The topological polar surface area (TPSA) is 43.6 Å². The highest BCUT2D eigenvalue weighted by molar-refractivity contribution is 5.84. The molecule has 18 heavy (non-hydrogen) atoms. The van der Waals surface area contributed by atoms with Gasteiger partial charge in [-0.15, -0.1) is 0 Å². The maximum atomic E-state index is 11.1. The number of carbonyl (C=O) groups is 1. The van der Waals surface area contributed by atoms with Crippen LogP contribution in [0, 0.1) is 6.92 Å². The van der Waals surface area contributed by atoms with Crippen molar-refractivity contribution in [1.82, 2.24) is 9.38 Å². The van der Waals surface area contributed by atoms with Gasteiger partial charge in [0.1, 0.15) is 11.5 Å². The van der Waals surface area contributed by atoms with Crippen molar-refractivity contribution in [3.05, 3.63) is 35.4 Å². The molecule has 0 saturated carbocycles. The molecule has 2 aromatic rings. The molecule has 4 nitrogen and oxygen atoms in total. The Morgan fingerprint density at radius 3 is 2.89 bits per heavy atom. The maximum absolute atomic E-state index is 11.1. The lowest BCUT2D eigenvalue weighted by Gasteiger charge is -2.21. The summed E-state index contributed by atoms with van der Waals surface area (Å²) in [5, 5.41) is 0. The fraction of sp³-hybridized carbons (Fsp3) is 0.429. The molecule has 2 aromatic heterocycles. The summed E-state index contributed by atoms with van der Waals surface area (Å²) in [5.74, 6) is 1.40. The molecule has 0 bridgehead atoms. The molecule has 0 atom stereocenters. The minimum Gasteiger partial charge on any atom is -0.381 e. The van der Waals surface area contributed by atoms with Crippen LogP contribution in [0.1, 0.15) is 40.8 Å². The molecule has 0 spiro atoms. The summed E-state index contributed by atoms with van der Waals surface area (Å²) >= 11 is 0. The van der Waals surface area contributed by atoms with Crippen molar-refractivity contribution in [1.29, 1.82) is 0 Å².